The van der Waals surface area contributed by atoms with Crippen LogP contribution < -0.4 is 21.8 Å². The molecule has 3 aromatic rings. The van der Waals surface area contributed by atoms with Gasteiger partial charge in [0, 0.05) is 39.2 Å². The molecule has 0 aromatic heterocycles. The summed E-state index contributed by atoms with van der Waals surface area (Å²) in [6.45, 7) is 2.33. The van der Waals surface area contributed by atoms with Crippen molar-refractivity contribution in [2.45, 2.75) is 51.4 Å². The van der Waals surface area contributed by atoms with Crippen LogP contribution in [0, 0.1) is 0 Å². The van der Waals surface area contributed by atoms with E-state index in [4.69, 9.17) is 10.5 Å². The number of alkyl carbamates (subject to hydrolysis) is 1. The molecule has 7 amide bonds. The van der Waals surface area contributed by atoms with E-state index < -0.39 is 60.3 Å². The third-order valence-corrected chi connectivity index (χ3v) is 8.21. The monoisotopic (exact) mass is 741 g/mol. The van der Waals surface area contributed by atoms with Crippen LogP contribution in [0.5, 0.6) is 0 Å². The summed E-state index contributed by atoms with van der Waals surface area (Å²) in [5.41, 5.74) is 10.1. The first kappa shape index (κ1) is 41.9. The van der Waals surface area contributed by atoms with E-state index >= 15 is 0 Å². The van der Waals surface area contributed by atoms with Crippen LogP contribution in [0.1, 0.15) is 30.5 Å². The standard InChI is InChI=1S/C39H47N7O8/c1-27(42-39(53)54-26-31-18-12-7-13-19-31)36(50)41-28(2)37(51)43-46(25-33(40)47)35(49)21-20-34(48)45(4)32(24-30-16-10-6-11-17-30)38(52)44(3)23-22-29-14-8-5-9-15-29/h5-21,27-28,32H,22-26H2,1-4H3,(H2,40,47)(H,41,50)(H,42,53)(H,43,51)/b21-20+/t27-,28-,32?/m0/s1. The van der Waals surface area contributed by atoms with Gasteiger partial charge in [0.2, 0.25) is 23.6 Å². The summed E-state index contributed by atoms with van der Waals surface area (Å²) in [5.74, 6) is -4.59. The van der Waals surface area contributed by atoms with Crippen molar-refractivity contribution in [3.8, 4) is 0 Å². The number of primary amides is 1. The lowest BCUT2D eigenvalue weighted by Crippen LogP contribution is -2.56. The minimum atomic E-state index is -1.24. The first-order valence-electron chi connectivity index (χ1n) is 17.2. The number of nitrogens with two attached hydrogens (primary N) is 1. The maximum Gasteiger partial charge on any atom is 0.408 e. The SMILES string of the molecule is C[C@H](NC(=O)OCc1ccccc1)C(=O)N[C@@H](C)C(=O)NN(CC(N)=O)C(=O)/C=C/C(=O)N(C)C(Cc1ccccc1)C(=O)N(C)CCc1ccccc1. The summed E-state index contributed by atoms with van der Waals surface area (Å²) in [4.78, 5) is 92.5. The zero-order chi connectivity index (χ0) is 39.6. The Morgan fingerprint density at radius 2 is 1.22 bits per heavy atom. The van der Waals surface area contributed by atoms with Gasteiger partial charge in [-0.3, -0.25) is 34.2 Å². The van der Waals surface area contributed by atoms with Gasteiger partial charge in [-0.15, -0.1) is 0 Å². The quantitative estimate of drug-likeness (QED) is 0.118. The number of carbonyl (C=O) groups excluding carboxylic acids is 7. The lowest BCUT2D eigenvalue weighted by atomic mass is 10.0. The highest BCUT2D eigenvalue weighted by Gasteiger charge is 2.29. The number of rotatable bonds is 17. The molecule has 0 aliphatic carbocycles. The molecule has 286 valence electrons. The highest BCUT2D eigenvalue weighted by atomic mass is 16.5. The molecule has 0 fully saturated rings. The summed E-state index contributed by atoms with van der Waals surface area (Å²) < 4.78 is 5.11. The number of carbonyl (C=O) groups is 7. The van der Waals surface area contributed by atoms with Crippen LogP contribution in [-0.4, -0.2) is 102 Å². The molecule has 3 atom stereocenters. The zero-order valence-electron chi connectivity index (χ0n) is 30.8. The van der Waals surface area contributed by atoms with Gasteiger partial charge >= 0.3 is 6.09 Å². The Balaban J connectivity index is 1.61. The van der Waals surface area contributed by atoms with Crippen molar-refractivity contribution >= 4 is 41.5 Å². The fraction of sp³-hybridized carbons (Fsp3) is 0.308. The molecule has 0 saturated carbocycles. The molecule has 0 heterocycles. The number of hydrogen-bond donors (Lipinski definition) is 4. The number of amides is 7. The molecular formula is C39H47N7O8. The van der Waals surface area contributed by atoms with Gasteiger partial charge in [0.1, 0.15) is 31.3 Å². The summed E-state index contributed by atoms with van der Waals surface area (Å²) in [6.07, 6.45) is 1.72. The molecule has 0 spiro atoms. The Hall–Kier alpha value is -6.51. The van der Waals surface area contributed by atoms with E-state index in [-0.39, 0.29) is 18.9 Å². The lowest BCUT2D eigenvalue weighted by molar-refractivity contribution is -0.142. The van der Waals surface area contributed by atoms with Crippen molar-refractivity contribution in [3.05, 3.63) is 120 Å². The Morgan fingerprint density at radius 1 is 0.704 bits per heavy atom. The number of nitrogens with one attached hydrogen (secondary N) is 3. The molecule has 15 nitrogen and oxygen atoms in total. The number of hydrazine groups is 1. The minimum Gasteiger partial charge on any atom is -0.445 e. The van der Waals surface area contributed by atoms with Crippen molar-refractivity contribution in [2.75, 3.05) is 27.2 Å². The Morgan fingerprint density at radius 3 is 1.80 bits per heavy atom. The second-order valence-electron chi connectivity index (χ2n) is 12.5. The van der Waals surface area contributed by atoms with Crippen LogP contribution in [0.4, 0.5) is 4.79 Å². The average Bonchev–Trinajstić information content (AvgIpc) is 3.17. The van der Waals surface area contributed by atoms with Gasteiger partial charge < -0.3 is 30.9 Å². The number of hydrogen-bond acceptors (Lipinski definition) is 8. The van der Waals surface area contributed by atoms with Gasteiger partial charge in [0.15, 0.2) is 0 Å². The normalized spacial score (nSPS) is 12.4. The minimum absolute atomic E-state index is 0.0151. The predicted octanol–water partition coefficient (Wildman–Crippen LogP) is 1.48. The van der Waals surface area contributed by atoms with E-state index in [2.05, 4.69) is 16.1 Å². The molecule has 5 N–H and O–H groups in total. The van der Waals surface area contributed by atoms with Crippen molar-refractivity contribution in [3.63, 3.8) is 0 Å². The molecule has 3 aromatic carbocycles. The molecule has 54 heavy (non-hydrogen) atoms. The zero-order valence-corrected chi connectivity index (χ0v) is 30.8. The second-order valence-corrected chi connectivity index (χ2v) is 12.5. The van der Waals surface area contributed by atoms with Crippen LogP contribution in [0.15, 0.2) is 103 Å². The van der Waals surface area contributed by atoms with Crippen molar-refractivity contribution in [2.24, 2.45) is 5.73 Å². The predicted molar refractivity (Wildman–Crippen MR) is 200 cm³/mol. The largest absolute Gasteiger partial charge is 0.445 e. The smallest absolute Gasteiger partial charge is 0.408 e. The highest BCUT2D eigenvalue weighted by Crippen LogP contribution is 2.13. The van der Waals surface area contributed by atoms with E-state index in [1.165, 1.54) is 25.8 Å². The fourth-order valence-corrected chi connectivity index (χ4v) is 5.01. The number of benzene rings is 3. The molecular weight excluding hydrogens is 694 g/mol. The van der Waals surface area contributed by atoms with Gasteiger partial charge in [0.05, 0.1) is 0 Å². The maximum absolute atomic E-state index is 13.7. The topological polar surface area (TPSA) is 201 Å². The van der Waals surface area contributed by atoms with Crippen LogP contribution in [0.3, 0.4) is 0 Å². The summed E-state index contributed by atoms with van der Waals surface area (Å²) in [7, 11) is 3.10. The Bertz CT molecular complexity index is 1770. The van der Waals surface area contributed by atoms with E-state index in [9.17, 15) is 33.6 Å². The van der Waals surface area contributed by atoms with Gasteiger partial charge in [-0.25, -0.2) is 9.80 Å². The van der Waals surface area contributed by atoms with Crippen molar-refractivity contribution < 1.29 is 38.3 Å². The van der Waals surface area contributed by atoms with Gasteiger partial charge in [-0.2, -0.15) is 0 Å². The third-order valence-electron chi connectivity index (χ3n) is 8.21. The van der Waals surface area contributed by atoms with E-state index in [1.807, 2.05) is 66.7 Å². The molecule has 3 rings (SSSR count). The maximum atomic E-state index is 13.7. The molecule has 0 saturated heterocycles. The van der Waals surface area contributed by atoms with E-state index in [0.717, 1.165) is 28.8 Å². The summed E-state index contributed by atoms with van der Waals surface area (Å²) >= 11 is 0. The van der Waals surface area contributed by atoms with E-state index in [0.29, 0.717) is 18.0 Å². The first-order valence-corrected chi connectivity index (χ1v) is 17.2. The molecule has 0 radical (unpaired) electrons. The lowest BCUT2D eigenvalue weighted by Gasteiger charge is -2.30. The van der Waals surface area contributed by atoms with Gasteiger partial charge in [-0.05, 0) is 37.0 Å². The highest BCUT2D eigenvalue weighted by molar-refractivity contribution is 6.00. The second kappa shape index (κ2) is 21.1. The number of likely N-dealkylation sites (N-methyl/N-ethyl adjacent to an activating group) is 2. The van der Waals surface area contributed by atoms with E-state index in [1.54, 1.807) is 36.2 Å². The van der Waals surface area contributed by atoms with Crippen LogP contribution in [0.25, 0.3) is 0 Å². The van der Waals surface area contributed by atoms with Gasteiger partial charge in [0.25, 0.3) is 11.8 Å². The van der Waals surface area contributed by atoms with Gasteiger partial charge in [-0.1, -0.05) is 91.0 Å². The van der Waals surface area contributed by atoms with Crippen LogP contribution >= 0.6 is 0 Å². The molecule has 0 aliphatic heterocycles. The van der Waals surface area contributed by atoms with Crippen molar-refractivity contribution in [1.29, 1.82) is 0 Å². The molecule has 1 unspecified atom stereocenters. The Labute approximate surface area is 314 Å². The van der Waals surface area contributed by atoms with Crippen LogP contribution in [-0.2, 0) is 53.0 Å². The molecule has 0 bridgehead atoms. The third kappa shape index (κ3) is 13.9. The number of nitrogens with zero attached hydrogens (tertiary/aromatic N) is 3. The number of ether oxygens (including phenoxy) is 1. The fourth-order valence-electron chi connectivity index (χ4n) is 5.01. The Kier molecular flexibility index (Phi) is 16.4. The first-order chi connectivity index (χ1) is 25.7. The van der Waals surface area contributed by atoms with Crippen LogP contribution in [0.2, 0.25) is 0 Å². The summed E-state index contributed by atoms with van der Waals surface area (Å²) in [5, 5.41) is 5.35. The van der Waals surface area contributed by atoms with Crippen molar-refractivity contribution in [1.82, 2.24) is 30.9 Å². The molecule has 15 heteroatoms. The molecule has 0 aliphatic rings. The summed E-state index contributed by atoms with van der Waals surface area (Å²) in [6, 6.07) is 24.5. The average molecular weight is 742 g/mol.